The predicted octanol–water partition coefficient (Wildman–Crippen LogP) is 5.89. The van der Waals surface area contributed by atoms with Gasteiger partial charge in [0, 0.05) is 11.8 Å². The summed E-state index contributed by atoms with van der Waals surface area (Å²) in [6.45, 7) is 11.0. The van der Waals surface area contributed by atoms with Crippen LogP contribution < -0.4 is 0 Å². The normalized spacial score (nSPS) is 14.8. The summed E-state index contributed by atoms with van der Waals surface area (Å²) in [5.41, 5.74) is 3.79. The maximum Gasteiger partial charge on any atom is 0.267 e. The first kappa shape index (κ1) is 21.7. The first-order valence-corrected chi connectivity index (χ1v) is 11.1. The van der Waals surface area contributed by atoms with Gasteiger partial charge in [-0.25, -0.2) is 0 Å². The summed E-state index contributed by atoms with van der Waals surface area (Å²) in [4.78, 5) is 28.2. The van der Waals surface area contributed by atoms with Crippen molar-refractivity contribution in [2.75, 3.05) is 6.54 Å². The van der Waals surface area contributed by atoms with Gasteiger partial charge in [0.05, 0.1) is 10.5 Å². The number of nitrogens with zero attached hydrogens (tertiary/aromatic N) is 1. The topological polar surface area (TPSA) is 37.4 Å². The van der Waals surface area contributed by atoms with Gasteiger partial charge in [-0.05, 0) is 37.0 Å². The molecule has 0 saturated heterocycles. The highest BCUT2D eigenvalue weighted by Gasteiger charge is 2.39. The van der Waals surface area contributed by atoms with Gasteiger partial charge in [0.1, 0.15) is 0 Å². The Hall–Kier alpha value is -1.55. The Morgan fingerprint density at radius 2 is 1.59 bits per heavy atom. The molecule has 0 aromatic heterocycles. The molecule has 0 radical (unpaired) electrons. The number of carbonyl (C=O) groups is 2. The van der Waals surface area contributed by atoms with Crippen molar-refractivity contribution < 1.29 is 9.59 Å². The molecule has 0 N–H and O–H groups in total. The minimum atomic E-state index is -0.125. The van der Waals surface area contributed by atoms with Gasteiger partial charge in [-0.3, -0.25) is 14.5 Å². The number of hydrogen-bond donors (Lipinski definition) is 0. The Balaban J connectivity index is 2.18. The largest absolute Gasteiger partial charge is 0.274 e. The van der Waals surface area contributed by atoms with E-state index in [2.05, 4.69) is 27.7 Å². The van der Waals surface area contributed by atoms with Gasteiger partial charge in [-0.2, -0.15) is 0 Å². The monoisotopic (exact) mass is 387 g/mol. The Bertz CT molecular complexity index is 721. The summed E-state index contributed by atoms with van der Waals surface area (Å²) in [7, 11) is 0. The van der Waals surface area contributed by atoms with E-state index in [4.69, 9.17) is 0 Å². The van der Waals surface area contributed by atoms with Crippen molar-refractivity contribution in [1.29, 1.82) is 0 Å². The lowest BCUT2D eigenvalue weighted by Gasteiger charge is -2.15. The molecule has 0 spiro atoms. The fourth-order valence-electron chi connectivity index (χ4n) is 3.30. The first-order chi connectivity index (χ1) is 12.9. The smallest absolute Gasteiger partial charge is 0.267 e. The zero-order valence-corrected chi connectivity index (χ0v) is 18.2. The van der Waals surface area contributed by atoms with Crippen LogP contribution in [0.1, 0.15) is 76.0 Å². The highest BCUT2D eigenvalue weighted by Crippen LogP contribution is 2.38. The van der Waals surface area contributed by atoms with E-state index in [1.165, 1.54) is 47.9 Å². The van der Waals surface area contributed by atoms with Crippen LogP contribution >= 0.6 is 11.8 Å². The molecule has 0 atom stereocenters. The Kier molecular flexibility index (Phi) is 8.15. The number of benzene rings is 1. The molecule has 1 aliphatic heterocycles. The van der Waals surface area contributed by atoms with E-state index >= 15 is 0 Å². The van der Waals surface area contributed by atoms with Crippen LogP contribution in [0.25, 0.3) is 5.57 Å². The van der Waals surface area contributed by atoms with Crippen molar-refractivity contribution in [2.24, 2.45) is 0 Å². The number of amides is 2. The van der Waals surface area contributed by atoms with E-state index < -0.39 is 0 Å². The standard InChI is InChI=1S/C23H33NO2S/c1-6-7-8-9-10-11-14-24-22(25)20(21(23(24)26)27-16(2)3)19-13-12-17(4)18(5)15-19/h12-13,15-16H,6-11,14H2,1-5H3. The summed E-state index contributed by atoms with van der Waals surface area (Å²) in [5, 5.41) is 0.257. The summed E-state index contributed by atoms with van der Waals surface area (Å²) >= 11 is 1.51. The molecular formula is C23H33NO2S. The lowest BCUT2D eigenvalue weighted by molar-refractivity contribution is -0.136. The third kappa shape index (κ3) is 5.47. The van der Waals surface area contributed by atoms with E-state index in [0.29, 0.717) is 17.0 Å². The van der Waals surface area contributed by atoms with Crippen LogP contribution in [0, 0.1) is 13.8 Å². The second-order valence-electron chi connectivity index (χ2n) is 7.70. The van der Waals surface area contributed by atoms with Gasteiger partial charge < -0.3 is 0 Å². The molecule has 1 aliphatic rings. The molecule has 0 fully saturated rings. The van der Waals surface area contributed by atoms with E-state index in [0.717, 1.165) is 24.0 Å². The van der Waals surface area contributed by atoms with Crippen LogP contribution in [0.5, 0.6) is 0 Å². The summed E-state index contributed by atoms with van der Waals surface area (Å²) in [6.07, 6.45) is 6.86. The highest BCUT2D eigenvalue weighted by atomic mass is 32.2. The summed E-state index contributed by atoms with van der Waals surface area (Å²) in [5.74, 6) is -0.236. The van der Waals surface area contributed by atoms with Crippen molar-refractivity contribution in [2.45, 2.75) is 78.4 Å². The third-order valence-corrected chi connectivity index (χ3v) is 6.10. The Labute approximate surface area is 168 Å². The zero-order chi connectivity index (χ0) is 20.0. The van der Waals surface area contributed by atoms with Crippen LogP contribution in [0.15, 0.2) is 23.1 Å². The van der Waals surface area contributed by atoms with E-state index in [-0.39, 0.29) is 17.1 Å². The van der Waals surface area contributed by atoms with Gasteiger partial charge in [-0.1, -0.05) is 71.1 Å². The van der Waals surface area contributed by atoms with Gasteiger partial charge in [0.15, 0.2) is 0 Å². The second kappa shape index (κ2) is 10.1. The Morgan fingerprint density at radius 3 is 2.22 bits per heavy atom. The molecule has 2 amide bonds. The fraction of sp³-hybridized carbons (Fsp3) is 0.565. The van der Waals surface area contributed by atoms with Gasteiger partial charge in [-0.15, -0.1) is 11.8 Å². The average molecular weight is 388 g/mol. The molecule has 27 heavy (non-hydrogen) atoms. The van der Waals surface area contributed by atoms with Gasteiger partial charge in [0.25, 0.3) is 11.8 Å². The third-order valence-electron chi connectivity index (χ3n) is 5.01. The predicted molar refractivity (Wildman–Crippen MR) is 116 cm³/mol. The van der Waals surface area contributed by atoms with Crippen LogP contribution in [0.3, 0.4) is 0 Å². The molecule has 1 heterocycles. The lowest BCUT2D eigenvalue weighted by Crippen LogP contribution is -2.32. The number of aryl methyl sites for hydroxylation is 2. The summed E-state index contributed by atoms with van der Waals surface area (Å²) < 4.78 is 0. The Morgan fingerprint density at radius 1 is 0.926 bits per heavy atom. The van der Waals surface area contributed by atoms with E-state index in [1.807, 2.05) is 25.1 Å². The van der Waals surface area contributed by atoms with Crippen LogP contribution in [-0.4, -0.2) is 28.5 Å². The molecule has 3 nitrogen and oxygen atoms in total. The van der Waals surface area contributed by atoms with Crippen molar-refractivity contribution in [3.05, 3.63) is 39.8 Å². The lowest BCUT2D eigenvalue weighted by atomic mass is 10.0. The molecule has 148 valence electrons. The van der Waals surface area contributed by atoms with Crippen LogP contribution in [0.2, 0.25) is 0 Å². The number of unbranched alkanes of at least 4 members (excludes halogenated alkanes) is 5. The zero-order valence-electron chi connectivity index (χ0n) is 17.4. The van der Waals surface area contributed by atoms with Crippen LogP contribution in [-0.2, 0) is 9.59 Å². The molecular weight excluding hydrogens is 354 g/mol. The van der Waals surface area contributed by atoms with Crippen molar-refractivity contribution in [3.63, 3.8) is 0 Å². The minimum absolute atomic E-state index is 0.111. The quantitative estimate of drug-likeness (QED) is 0.371. The molecule has 4 heteroatoms. The molecule has 1 aromatic rings. The average Bonchev–Trinajstić information content (AvgIpc) is 2.84. The number of hydrogen-bond acceptors (Lipinski definition) is 3. The fourth-order valence-corrected chi connectivity index (χ4v) is 4.31. The minimum Gasteiger partial charge on any atom is -0.274 e. The SMILES string of the molecule is CCCCCCCCN1C(=O)C(SC(C)C)=C(c2ccc(C)c(C)c2)C1=O. The van der Waals surface area contributed by atoms with Crippen molar-refractivity contribution in [3.8, 4) is 0 Å². The molecule has 0 unspecified atom stereocenters. The van der Waals surface area contributed by atoms with Crippen molar-refractivity contribution >= 4 is 29.1 Å². The number of carbonyl (C=O) groups excluding carboxylic acids is 2. The molecule has 0 bridgehead atoms. The number of rotatable bonds is 10. The second-order valence-corrected chi connectivity index (χ2v) is 9.29. The highest BCUT2D eigenvalue weighted by molar-refractivity contribution is 8.04. The molecule has 0 saturated carbocycles. The maximum absolute atomic E-state index is 13.1. The van der Waals surface area contributed by atoms with Crippen molar-refractivity contribution in [1.82, 2.24) is 4.90 Å². The molecule has 1 aromatic carbocycles. The molecule has 0 aliphatic carbocycles. The van der Waals surface area contributed by atoms with Gasteiger partial charge >= 0.3 is 0 Å². The van der Waals surface area contributed by atoms with E-state index in [9.17, 15) is 9.59 Å². The van der Waals surface area contributed by atoms with E-state index in [1.54, 1.807) is 0 Å². The first-order valence-electron chi connectivity index (χ1n) is 10.2. The molecule has 2 rings (SSSR count). The van der Waals surface area contributed by atoms with Crippen LogP contribution in [0.4, 0.5) is 0 Å². The summed E-state index contributed by atoms with van der Waals surface area (Å²) in [6, 6.07) is 6.03. The maximum atomic E-state index is 13.1. The number of thioether (sulfide) groups is 1. The number of imide groups is 1. The van der Waals surface area contributed by atoms with Gasteiger partial charge in [0.2, 0.25) is 0 Å².